The summed E-state index contributed by atoms with van der Waals surface area (Å²) < 4.78 is 13.4. The van der Waals surface area contributed by atoms with Crippen molar-refractivity contribution in [1.82, 2.24) is 20.0 Å². The van der Waals surface area contributed by atoms with Crippen LogP contribution in [0.5, 0.6) is 0 Å². The van der Waals surface area contributed by atoms with Crippen molar-refractivity contribution < 1.29 is 19.4 Å². The molecule has 5 atom stereocenters. The van der Waals surface area contributed by atoms with Crippen LogP contribution < -0.4 is 5.32 Å². The van der Waals surface area contributed by atoms with Gasteiger partial charge in [0, 0.05) is 38.4 Å². The highest BCUT2D eigenvalue weighted by Gasteiger charge is 2.51. The van der Waals surface area contributed by atoms with Crippen LogP contribution in [0.25, 0.3) is 0 Å². The highest BCUT2D eigenvalue weighted by Crippen LogP contribution is 2.35. The van der Waals surface area contributed by atoms with Gasteiger partial charge < -0.3 is 24.8 Å². The summed E-state index contributed by atoms with van der Waals surface area (Å²) in [4.78, 5) is 13.3. The SMILES string of the molecule is CC(=O)N1CCC(N[C@H]2[C@H](O)[C@@H](n3cccn3)[C@@H]3OC[C@H]2O3)CC1. The minimum atomic E-state index is -0.637. The molecular weight excluding hydrogens is 312 g/mol. The van der Waals surface area contributed by atoms with Crippen LogP contribution in [0.1, 0.15) is 25.8 Å². The van der Waals surface area contributed by atoms with Crippen LogP contribution in [0.15, 0.2) is 18.5 Å². The topological polar surface area (TPSA) is 88.9 Å². The molecule has 0 aromatic carbocycles. The van der Waals surface area contributed by atoms with E-state index in [1.807, 2.05) is 17.2 Å². The molecule has 3 saturated heterocycles. The molecule has 24 heavy (non-hydrogen) atoms. The fourth-order valence-electron chi connectivity index (χ4n) is 3.98. The first-order valence-electron chi connectivity index (χ1n) is 8.59. The maximum absolute atomic E-state index is 11.4. The Morgan fingerprint density at radius 2 is 2.17 bits per heavy atom. The molecule has 1 aromatic heterocycles. The van der Waals surface area contributed by atoms with Crippen LogP contribution >= 0.6 is 0 Å². The molecule has 8 heteroatoms. The van der Waals surface area contributed by atoms with E-state index in [0.717, 1.165) is 25.9 Å². The van der Waals surface area contributed by atoms with E-state index in [1.165, 1.54) is 0 Å². The monoisotopic (exact) mass is 336 g/mol. The van der Waals surface area contributed by atoms with E-state index in [9.17, 15) is 9.90 Å². The number of hydrogen-bond donors (Lipinski definition) is 2. The van der Waals surface area contributed by atoms with Crippen LogP contribution in [0.3, 0.4) is 0 Å². The molecule has 2 bridgehead atoms. The maximum atomic E-state index is 11.4. The third-order valence-corrected chi connectivity index (χ3v) is 5.33. The first kappa shape index (κ1) is 16.0. The first-order valence-corrected chi connectivity index (χ1v) is 8.59. The van der Waals surface area contributed by atoms with Gasteiger partial charge in [0.2, 0.25) is 5.91 Å². The molecule has 3 aliphatic heterocycles. The summed E-state index contributed by atoms with van der Waals surface area (Å²) in [5.41, 5.74) is 0. The zero-order chi connectivity index (χ0) is 16.7. The molecular formula is C16H24N4O4. The molecule has 0 aliphatic carbocycles. The lowest BCUT2D eigenvalue weighted by Gasteiger charge is -2.41. The van der Waals surface area contributed by atoms with Crippen LogP contribution in [0.4, 0.5) is 0 Å². The second-order valence-electron chi connectivity index (χ2n) is 6.82. The Kier molecular flexibility index (Phi) is 4.29. The van der Waals surface area contributed by atoms with Gasteiger partial charge in [-0.25, -0.2) is 0 Å². The number of nitrogens with zero attached hydrogens (tertiary/aromatic N) is 3. The number of carbonyl (C=O) groups is 1. The second kappa shape index (κ2) is 6.44. The van der Waals surface area contributed by atoms with Crippen LogP contribution in [0.2, 0.25) is 0 Å². The Hall–Kier alpha value is -1.48. The third kappa shape index (κ3) is 2.83. The highest BCUT2D eigenvalue weighted by atomic mass is 16.7. The Balaban J connectivity index is 1.44. The molecule has 0 radical (unpaired) electrons. The van der Waals surface area contributed by atoms with E-state index in [2.05, 4.69) is 10.4 Å². The number of rotatable bonds is 3. The molecule has 1 aromatic rings. The normalized spacial score (nSPS) is 36.9. The molecule has 0 saturated carbocycles. The number of nitrogens with one attached hydrogen (secondary N) is 1. The smallest absolute Gasteiger partial charge is 0.219 e. The van der Waals surface area contributed by atoms with Gasteiger partial charge in [-0.2, -0.15) is 5.10 Å². The molecule has 3 fully saturated rings. The van der Waals surface area contributed by atoms with Gasteiger partial charge in [-0.05, 0) is 18.9 Å². The van der Waals surface area contributed by atoms with Crippen molar-refractivity contribution >= 4 is 5.91 Å². The summed E-state index contributed by atoms with van der Waals surface area (Å²) >= 11 is 0. The largest absolute Gasteiger partial charge is 0.389 e. The quantitative estimate of drug-likeness (QED) is 0.774. The van der Waals surface area contributed by atoms with Gasteiger partial charge in [-0.3, -0.25) is 9.48 Å². The Labute approximate surface area is 140 Å². The molecule has 4 rings (SSSR count). The molecule has 8 nitrogen and oxygen atoms in total. The average molecular weight is 336 g/mol. The van der Waals surface area contributed by atoms with Gasteiger partial charge in [0.1, 0.15) is 12.1 Å². The number of fused-ring (bicyclic) bond motifs is 2. The summed E-state index contributed by atoms with van der Waals surface area (Å²) in [6, 6.07) is 1.54. The van der Waals surface area contributed by atoms with E-state index in [0.29, 0.717) is 6.61 Å². The van der Waals surface area contributed by atoms with Crippen molar-refractivity contribution in [3.8, 4) is 0 Å². The van der Waals surface area contributed by atoms with Crippen LogP contribution in [-0.2, 0) is 14.3 Å². The van der Waals surface area contributed by atoms with Crippen molar-refractivity contribution in [3.63, 3.8) is 0 Å². The van der Waals surface area contributed by atoms with Crippen molar-refractivity contribution in [2.45, 2.75) is 56.4 Å². The van der Waals surface area contributed by atoms with Gasteiger partial charge in [0.05, 0.1) is 18.8 Å². The lowest BCUT2D eigenvalue weighted by atomic mass is 9.93. The summed E-state index contributed by atoms with van der Waals surface area (Å²) in [6.45, 7) is 3.59. The molecule has 132 valence electrons. The van der Waals surface area contributed by atoms with E-state index in [4.69, 9.17) is 9.47 Å². The fraction of sp³-hybridized carbons (Fsp3) is 0.750. The molecule has 4 heterocycles. The van der Waals surface area contributed by atoms with E-state index in [1.54, 1.807) is 17.8 Å². The number of carbonyl (C=O) groups excluding carboxylic acids is 1. The molecule has 1 amide bonds. The van der Waals surface area contributed by atoms with Crippen LogP contribution in [-0.4, -0.2) is 76.0 Å². The van der Waals surface area contributed by atoms with Gasteiger partial charge in [-0.1, -0.05) is 0 Å². The summed E-state index contributed by atoms with van der Waals surface area (Å²) in [5, 5.41) is 18.7. The number of amides is 1. The predicted octanol–water partition coefficient (Wildman–Crippen LogP) is -0.491. The Bertz CT molecular complexity index is 573. The van der Waals surface area contributed by atoms with E-state index < -0.39 is 12.4 Å². The molecule has 3 aliphatic rings. The number of aromatic nitrogens is 2. The zero-order valence-electron chi connectivity index (χ0n) is 13.7. The molecule has 2 N–H and O–H groups in total. The second-order valence-corrected chi connectivity index (χ2v) is 6.82. The van der Waals surface area contributed by atoms with E-state index >= 15 is 0 Å². The van der Waals surface area contributed by atoms with Gasteiger partial charge >= 0.3 is 0 Å². The standard InChI is InChI=1S/C16H24N4O4/c1-10(21)19-7-3-11(4-8-19)18-13-12-9-23-16(24-12)14(15(13)22)20-6-2-5-17-20/h2,5-6,11-16,18,22H,3-4,7-9H2,1H3/t12-,13-,14-,15+,16-/m1/s1. The Morgan fingerprint density at radius 1 is 1.38 bits per heavy atom. The summed E-state index contributed by atoms with van der Waals surface area (Å²) in [6.07, 6.45) is 4.03. The average Bonchev–Trinajstić information content (AvgIpc) is 3.24. The van der Waals surface area contributed by atoms with Crippen molar-refractivity contribution in [2.75, 3.05) is 19.7 Å². The van der Waals surface area contributed by atoms with Crippen molar-refractivity contribution in [2.24, 2.45) is 0 Å². The van der Waals surface area contributed by atoms with Crippen LogP contribution in [0, 0.1) is 0 Å². The number of ether oxygens (including phenoxy) is 2. The summed E-state index contributed by atoms with van der Waals surface area (Å²) in [5.74, 6) is 0.125. The van der Waals surface area contributed by atoms with Gasteiger partial charge in [-0.15, -0.1) is 0 Å². The Morgan fingerprint density at radius 3 is 2.83 bits per heavy atom. The lowest BCUT2D eigenvalue weighted by molar-refractivity contribution is -0.169. The number of piperidine rings is 1. The van der Waals surface area contributed by atoms with Crippen molar-refractivity contribution in [3.05, 3.63) is 18.5 Å². The van der Waals surface area contributed by atoms with Gasteiger partial charge in [0.25, 0.3) is 0 Å². The number of aliphatic hydroxyl groups excluding tert-OH is 1. The lowest BCUT2D eigenvalue weighted by Crippen LogP contribution is -2.61. The minimum absolute atomic E-state index is 0.125. The van der Waals surface area contributed by atoms with Gasteiger partial charge in [0.15, 0.2) is 6.29 Å². The zero-order valence-corrected chi connectivity index (χ0v) is 13.7. The first-order chi connectivity index (χ1) is 11.6. The van der Waals surface area contributed by atoms with E-state index in [-0.39, 0.29) is 30.1 Å². The predicted molar refractivity (Wildman–Crippen MR) is 84.1 cm³/mol. The highest BCUT2D eigenvalue weighted by molar-refractivity contribution is 5.73. The van der Waals surface area contributed by atoms with Crippen molar-refractivity contribution in [1.29, 1.82) is 0 Å². The summed E-state index contributed by atoms with van der Waals surface area (Å²) in [7, 11) is 0. The minimum Gasteiger partial charge on any atom is -0.389 e. The number of hydrogen-bond acceptors (Lipinski definition) is 6. The maximum Gasteiger partial charge on any atom is 0.219 e. The fourth-order valence-corrected chi connectivity index (χ4v) is 3.98. The molecule has 0 spiro atoms. The number of aliphatic hydroxyl groups is 1. The number of likely N-dealkylation sites (tertiary alicyclic amines) is 1. The third-order valence-electron chi connectivity index (χ3n) is 5.33. The molecule has 0 unspecified atom stereocenters.